The summed E-state index contributed by atoms with van der Waals surface area (Å²) in [6.45, 7) is 0.408. The first-order valence-corrected chi connectivity index (χ1v) is 6.15. The molecule has 0 aliphatic rings. The van der Waals surface area contributed by atoms with E-state index in [1.54, 1.807) is 18.2 Å². The van der Waals surface area contributed by atoms with Crippen LogP contribution in [0.5, 0.6) is 17.2 Å². The maximum atomic E-state index is 9.43. The summed E-state index contributed by atoms with van der Waals surface area (Å²) in [5.41, 5.74) is 1.41. The Balaban J connectivity index is 2.12. The van der Waals surface area contributed by atoms with E-state index in [-0.39, 0.29) is 27.3 Å². The smallest absolute Gasteiger partial charge is 0.157 e. The number of nitrogens with one attached hydrogen (secondary N) is 1. The SMILES string of the molecule is Oc1ccc(CNc2cc(Cl)c(O)c(Cl)c2)cc1O. The first-order chi connectivity index (χ1) is 8.97. The number of hydrogen-bond acceptors (Lipinski definition) is 4. The topological polar surface area (TPSA) is 72.7 Å². The Bertz CT molecular complexity index is 594. The lowest BCUT2D eigenvalue weighted by Crippen LogP contribution is -1.99. The molecule has 6 heteroatoms. The van der Waals surface area contributed by atoms with Crippen LogP contribution in [0.15, 0.2) is 30.3 Å². The number of aromatic hydroxyl groups is 3. The van der Waals surface area contributed by atoms with Gasteiger partial charge in [-0.15, -0.1) is 0 Å². The average molecular weight is 300 g/mol. The molecular weight excluding hydrogens is 289 g/mol. The maximum absolute atomic E-state index is 9.43. The molecule has 4 nitrogen and oxygen atoms in total. The molecule has 19 heavy (non-hydrogen) atoms. The molecular formula is C13H11Cl2NO3. The molecule has 0 spiro atoms. The molecule has 0 radical (unpaired) electrons. The highest BCUT2D eigenvalue weighted by molar-refractivity contribution is 6.37. The molecule has 100 valence electrons. The van der Waals surface area contributed by atoms with Crippen molar-refractivity contribution in [2.45, 2.75) is 6.54 Å². The number of anilines is 1. The van der Waals surface area contributed by atoms with E-state index >= 15 is 0 Å². The molecule has 0 aliphatic carbocycles. The maximum Gasteiger partial charge on any atom is 0.157 e. The molecule has 0 heterocycles. The lowest BCUT2D eigenvalue weighted by Gasteiger charge is -2.09. The second-order valence-corrected chi connectivity index (χ2v) is 4.78. The van der Waals surface area contributed by atoms with Gasteiger partial charge in [0.2, 0.25) is 0 Å². The van der Waals surface area contributed by atoms with E-state index in [1.807, 2.05) is 0 Å². The predicted octanol–water partition coefficient (Wildman–Crippen LogP) is 3.72. The van der Waals surface area contributed by atoms with Crippen LogP contribution in [-0.4, -0.2) is 15.3 Å². The number of halogens is 2. The van der Waals surface area contributed by atoms with Gasteiger partial charge in [-0.1, -0.05) is 29.3 Å². The highest BCUT2D eigenvalue weighted by atomic mass is 35.5. The van der Waals surface area contributed by atoms with Crippen molar-refractivity contribution in [1.82, 2.24) is 0 Å². The van der Waals surface area contributed by atoms with Crippen LogP contribution in [-0.2, 0) is 6.54 Å². The van der Waals surface area contributed by atoms with Crippen molar-refractivity contribution in [3.63, 3.8) is 0 Å². The van der Waals surface area contributed by atoms with Crippen LogP contribution in [0.25, 0.3) is 0 Å². The fourth-order valence-electron chi connectivity index (χ4n) is 1.55. The molecule has 2 rings (SSSR count). The van der Waals surface area contributed by atoms with Gasteiger partial charge < -0.3 is 20.6 Å². The van der Waals surface area contributed by atoms with Gasteiger partial charge in [0.25, 0.3) is 0 Å². The second kappa shape index (κ2) is 5.47. The Morgan fingerprint density at radius 2 is 1.53 bits per heavy atom. The summed E-state index contributed by atoms with van der Waals surface area (Å²) in [5.74, 6) is -0.503. The summed E-state index contributed by atoms with van der Waals surface area (Å²) in [5, 5.41) is 31.4. The lowest BCUT2D eigenvalue weighted by atomic mass is 10.2. The summed E-state index contributed by atoms with van der Waals surface area (Å²) >= 11 is 11.6. The average Bonchev–Trinajstić information content (AvgIpc) is 2.37. The summed E-state index contributed by atoms with van der Waals surface area (Å²) in [6.07, 6.45) is 0. The highest BCUT2D eigenvalue weighted by Crippen LogP contribution is 2.34. The van der Waals surface area contributed by atoms with Gasteiger partial charge in [-0.05, 0) is 29.8 Å². The van der Waals surface area contributed by atoms with Gasteiger partial charge in [0.15, 0.2) is 17.2 Å². The largest absolute Gasteiger partial charge is 0.505 e. The van der Waals surface area contributed by atoms with Crippen molar-refractivity contribution >= 4 is 28.9 Å². The van der Waals surface area contributed by atoms with Crippen molar-refractivity contribution < 1.29 is 15.3 Å². The number of rotatable bonds is 3. The Morgan fingerprint density at radius 3 is 2.11 bits per heavy atom. The van der Waals surface area contributed by atoms with Crippen LogP contribution >= 0.6 is 23.2 Å². The molecule has 0 bridgehead atoms. The molecule has 0 atom stereocenters. The van der Waals surface area contributed by atoms with Crippen LogP contribution < -0.4 is 5.32 Å². The van der Waals surface area contributed by atoms with Gasteiger partial charge in [-0.3, -0.25) is 0 Å². The van der Waals surface area contributed by atoms with Crippen molar-refractivity contribution in [3.8, 4) is 17.2 Å². The van der Waals surface area contributed by atoms with Gasteiger partial charge in [-0.2, -0.15) is 0 Å². The monoisotopic (exact) mass is 299 g/mol. The van der Waals surface area contributed by atoms with Crippen LogP contribution in [0.3, 0.4) is 0 Å². The molecule has 0 aliphatic heterocycles. The Hall–Kier alpha value is -1.78. The van der Waals surface area contributed by atoms with Gasteiger partial charge >= 0.3 is 0 Å². The zero-order chi connectivity index (χ0) is 14.0. The van der Waals surface area contributed by atoms with Crippen LogP contribution in [0.1, 0.15) is 5.56 Å². The molecule has 0 saturated heterocycles. The summed E-state index contributed by atoms with van der Waals surface area (Å²) < 4.78 is 0. The zero-order valence-corrected chi connectivity index (χ0v) is 11.2. The Labute approximate surface area is 119 Å². The first-order valence-electron chi connectivity index (χ1n) is 5.40. The highest BCUT2D eigenvalue weighted by Gasteiger charge is 2.07. The fraction of sp³-hybridized carbons (Fsp3) is 0.0769. The van der Waals surface area contributed by atoms with Crippen molar-refractivity contribution in [2.75, 3.05) is 5.32 Å². The predicted molar refractivity (Wildman–Crippen MR) is 75.2 cm³/mol. The number of phenols is 3. The lowest BCUT2D eigenvalue weighted by molar-refractivity contribution is 0.403. The van der Waals surface area contributed by atoms with Crippen molar-refractivity contribution in [1.29, 1.82) is 0 Å². The standard InChI is InChI=1S/C13H11Cl2NO3/c14-9-4-8(5-10(15)13(9)19)16-6-7-1-2-11(17)12(18)3-7/h1-5,16-19H,6H2. The van der Waals surface area contributed by atoms with E-state index in [2.05, 4.69) is 5.32 Å². The minimum absolute atomic E-state index is 0.156. The normalized spacial score (nSPS) is 10.4. The molecule has 2 aromatic carbocycles. The van der Waals surface area contributed by atoms with Crippen LogP contribution in [0.4, 0.5) is 5.69 Å². The summed E-state index contributed by atoms with van der Waals surface area (Å²) in [6, 6.07) is 7.62. The number of hydrogen-bond donors (Lipinski definition) is 4. The van der Waals surface area contributed by atoms with E-state index in [9.17, 15) is 15.3 Å². The molecule has 0 fully saturated rings. The minimum Gasteiger partial charge on any atom is -0.505 e. The minimum atomic E-state index is -0.180. The third-order valence-electron chi connectivity index (χ3n) is 2.55. The van der Waals surface area contributed by atoms with Crippen molar-refractivity contribution in [2.24, 2.45) is 0 Å². The van der Waals surface area contributed by atoms with E-state index in [0.29, 0.717) is 12.2 Å². The quantitative estimate of drug-likeness (QED) is 0.515. The second-order valence-electron chi connectivity index (χ2n) is 3.97. The third-order valence-corrected chi connectivity index (χ3v) is 3.13. The van der Waals surface area contributed by atoms with Crippen LogP contribution in [0.2, 0.25) is 10.0 Å². The number of phenolic OH excluding ortho intramolecular Hbond substituents is 3. The van der Waals surface area contributed by atoms with Gasteiger partial charge in [0, 0.05) is 12.2 Å². The van der Waals surface area contributed by atoms with Crippen LogP contribution in [0, 0.1) is 0 Å². The van der Waals surface area contributed by atoms with Gasteiger partial charge in [0.05, 0.1) is 10.0 Å². The first kappa shape index (κ1) is 13.6. The van der Waals surface area contributed by atoms with Crippen molar-refractivity contribution in [3.05, 3.63) is 45.9 Å². The Kier molecular flexibility index (Phi) is 3.93. The molecule has 4 N–H and O–H groups in total. The molecule has 0 saturated carbocycles. The van der Waals surface area contributed by atoms with Gasteiger partial charge in [-0.25, -0.2) is 0 Å². The Morgan fingerprint density at radius 1 is 0.895 bits per heavy atom. The fourth-order valence-corrected chi connectivity index (χ4v) is 2.04. The molecule has 2 aromatic rings. The van der Waals surface area contributed by atoms with E-state index in [1.165, 1.54) is 12.1 Å². The third kappa shape index (κ3) is 3.16. The molecule has 0 unspecified atom stereocenters. The zero-order valence-electron chi connectivity index (χ0n) is 9.69. The van der Waals surface area contributed by atoms with E-state index < -0.39 is 0 Å². The summed E-state index contributed by atoms with van der Waals surface area (Å²) in [7, 11) is 0. The van der Waals surface area contributed by atoms with Gasteiger partial charge in [0.1, 0.15) is 0 Å². The summed E-state index contributed by atoms with van der Waals surface area (Å²) in [4.78, 5) is 0. The molecule has 0 amide bonds. The van der Waals surface area contributed by atoms with E-state index in [4.69, 9.17) is 23.2 Å². The number of benzene rings is 2. The van der Waals surface area contributed by atoms with E-state index in [0.717, 1.165) is 5.56 Å². The molecule has 0 aromatic heterocycles.